The maximum absolute atomic E-state index is 12.5. The highest BCUT2D eigenvalue weighted by molar-refractivity contribution is 7.92. The molecule has 2 N–H and O–H groups in total. The van der Waals surface area contributed by atoms with Crippen LogP contribution in [0.1, 0.15) is 28.9 Å². The highest BCUT2D eigenvalue weighted by Gasteiger charge is 2.15. The summed E-state index contributed by atoms with van der Waals surface area (Å²) in [7, 11) is -0.366. The zero-order chi connectivity index (χ0) is 20.2. The third-order valence-electron chi connectivity index (χ3n) is 3.78. The van der Waals surface area contributed by atoms with Gasteiger partial charge in [-0.2, -0.15) is 0 Å². The topological polar surface area (TPSA) is 93.7 Å². The fraction of sp³-hybridized carbons (Fsp3) is 0.278. The minimum absolute atomic E-state index is 0.131. The number of carbonyl (C=O) groups excluding carboxylic acids is 1. The molecular formula is C18H21ClN2O5S. The summed E-state index contributed by atoms with van der Waals surface area (Å²) in [6.07, 6.45) is 1.02. The molecule has 2 rings (SSSR count). The number of hydrogen-bond donors (Lipinski definition) is 2. The molecule has 9 heteroatoms. The molecule has 146 valence electrons. The van der Waals surface area contributed by atoms with E-state index in [0.717, 1.165) is 11.8 Å². The first-order valence-electron chi connectivity index (χ1n) is 7.94. The Morgan fingerprint density at radius 1 is 1.07 bits per heavy atom. The molecule has 2 aromatic carbocycles. The highest BCUT2D eigenvalue weighted by Crippen LogP contribution is 2.30. The molecule has 0 aliphatic rings. The third kappa shape index (κ3) is 5.51. The van der Waals surface area contributed by atoms with Gasteiger partial charge < -0.3 is 14.8 Å². The monoisotopic (exact) mass is 412 g/mol. The van der Waals surface area contributed by atoms with Crippen molar-refractivity contribution in [3.05, 3.63) is 52.5 Å². The number of carbonyl (C=O) groups is 1. The van der Waals surface area contributed by atoms with Crippen molar-refractivity contribution in [2.75, 3.05) is 25.2 Å². The van der Waals surface area contributed by atoms with Gasteiger partial charge in [0.15, 0.2) is 11.5 Å². The number of methoxy groups -OCH3 is 2. The average molecular weight is 413 g/mol. The second-order valence-corrected chi connectivity index (χ2v) is 8.03. The average Bonchev–Trinajstić information content (AvgIpc) is 2.61. The number of hydrogen-bond acceptors (Lipinski definition) is 5. The van der Waals surface area contributed by atoms with Crippen molar-refractivity contribution in [3.8, 4) is 11.5 Å². The molecule has 0 aliphatic heterocycles. The summed E-state index contributed by atoms with van der Waals surface area (Å²) in [6, 6.07) is 9.43. The second kappa shape index (κ2) is 8.49. The maximum Gasteiger partial charge on any atom is 0.251 e. The summed E-state index contributed by atoms with van der Waals surface area (Å²) in [6.45, 7) is 1.83. The Bertz CT molecular complexity index is 947. The first-order chi connectivity index (χ1) is 12.6. The van der Waals surface area contributed by atoms with Crippen LogP contribution < -0.4 is 19.5 Å². The molecule has 0 heterocycles. The van der Waals surface area contributed by atoms with Gasteiger partial charge in [0, 0.05) is 5.56 Å². The number of amides is 1. The Balaban J connectivity index is 2.16. The lowest BCUT2D eigenvalue weighted by Crippen LogP contribution is -2.26. The zero-order valence-corrected chi connectivity index (χ0v) is 16.9. The Hall–Kier alpha value is -2.45. The first kappa shape index (κ1) is 20.9. The van der Waals surface area contributed by atoms with Gasteiger partial charge in [0.05, 0.1) is 37.2 Å². The fourth-order valence-corrected chi connectivity index (χ4v) is 3.29. The maximum atomic E-state index is 12.5. The van der Waals surface area contributed by atoms with E-state index < -0.39 is 10.0 Å². The van der Waals surface area contributed by atoms with Crippen LogP contribution in [0.2, 0.25) is 5.02 Å². The lowest BCUT2D eigenvalue weighted by Gasteiger charge is -2.17. The van der Waals surface area contributed by atoms with E-state index in [1.165, 1.54) is 18.2 Å². The van der Waals surface area contributed by atoms with Gasteiger partial charge in [-0.05, 0) is 42.8 Å². The van der Waals surface area contributed by atoms with E-state index in [0.29, 0.717) is 17.1 Å². The molecule has 27 heavy (non-hydrogen) atoms. The van der Waals surface area contributed by atoms with Crippen molar-refractivity contribution in [2.45, 2.75) is 13.0 Å². The van der Waals surface area contributed by atoms with Crippen molar-refractivity contribution in [1.82, 2.24) is 5.32 Å². The molecule has 1 unspecified atom stereocenters. The van der Waals surface area contributed by atoms with Crippen LogP contribution in [-0.2, 0) is 10.0 Å². The van der Waals surface area contributed by atoms with E-state index in [-0.39, 0.29) is 22.7 Å². The molecular weight excluding hydrogens is 392 g/mol. The molecule has 0 aliphatic carbocycles. The SMILES string of the molecule is COc1ccc(C(C)NC(=O)c2ccc(NS(C)(=O)=O)c(Cl)c2)cc1OC. The Morgan fingerprint density at radius 3 is 2.30 bits per heavy atom. The predicted octanol–water partition coefficient (Wildman–Crippen LogP) is 3.22. The molecule has 0 saturated heterocycles. The van der Waals surface area contributed by atoms with Crippen LogP contribution in [0, 0.1) is 0 Å². The van der Waals surface area contributed by atoms with Crippen LogP contribution in [0.25, 0.3) is 0 Å². The quantitative estimate of drug-likeness (QED) is 0.728. The molecule has 1 atom stereocenters. The molecule has 0 spiro atoms. The largest absolute Gasteiger partial charge is 0.493 e. The molecule has 0 bridgehead atoms. The molecule has 0 radical (unpaired) electrons. The number of anilines is 1. The van der Waals surface area contributed by atoms with E-state index in [9.17, 15) is 13.2 Å². The van der Waals surface area contributed by atoms with Gasteiger partial charge >= 0.3 is 0 Å². The Morgan fingerprint density at radius 2 is 1.74 bits per heavy atom. The molecule has 1 amide bonds. The van der Waals surface area contributed by atoms with Crippen molar-refractivity contribution in [1.29, 1.82) is 0 Å². The van der Waals surface area contributed by atoms with Crippen LogP contribution >= 0.6 is 11.6 Å². The van der Waals surface area contributed by atoms with Crippen LogP contribution in [0.15, 0.2) is 36.4 Å². The minimum Gasteiger partial charge on any atom is -0.493 e. The van der Waals surface area contributed by atoms with Gasteiger partial charge in [-0.25, -0.2) is 8.42 Å². The molecule has 2 aromatic rings. The second-order valence-electron chi connectivity index (χ2n) is 5.88. The van der Waals surface area contributed by atoms with E-state index in [2.05, 4.69) is 10.0 Å². The van der Waals surface area contributed by atoms with E-state index >= 15 is 0 Å². The summed E-state index contributed by atoms with van der Waals surface area (Å²) < 4.78 is 35.4. The number of halogens is 1. The minimum atomic E-state index is -3.46. The third-order valence-corrected chi connectivity index (χ3v) is 4.69. The number of rotatable bonds is 7. The number of sulfonamides is 1. The molecule has 0 saturated carbocycles. The zero-order valence-electron chi connectivity index (χ0n) is 15.4. The van der Waals surface area contributed by atoms with Gasteiger partial charge in [0.25, 0.3) is 5.91 Å². The first-order valence-corrected chi connectivity index (χ1v) is 10.2. The van der Waals surface area contributed by atoms with Gasteiger partial charge in [0.2, 0.25) is 10.0 Å². The smallest absolute Gasteiger partial charge is 0.251 e. The number of benzene rings is 2. The summed E-state index contributed by atoms with van der Waals surface area (Å²) in [4.78, 5) is 12.5. The lowest BCUT2D eigenvalue weighted by atomic mass is 10.1. The van der Waals surface area contributed by atoms with E-state index in [1.807, 2.05) is 13.0 Å². The van der Waals surface area contributed by atoms with Crippen LogP contribution in [0.3, 0.4) is 0 Å². The van der Waals surface area contributed by atoms with Gasteiger partial charge in [-0.3, -0.25) is 9.52 Å². The molecule has 7 nitrogen and oxygen atoms in total. The van der Waals surface area contributed by atoms with Gasteiger partial charge in [-0.15, -0.1) is 0 Å². The van der Waals surface area contributed by atoms with Crippen molar-refractivity contribution >= 4 is 33.2 Å². The van der Waals surface area contributed by atoms with Gasteiger partial charge in [0.1, 0.15) is 0 Å². The van der Waals surface area contributed by atoms with Crippen LogP contribution in [0.4, 0.5) is 5.69 Å². The summed E-state index contributed by atoms with van der Waals surface area (Å²) in [5.41, 5.74) is 1.36. The fourth-order valence-electron chi connectivity index (χ4n) is 2.42. The predicted molar refractivity (Wildman–Crippen MR) is 105 cm³/mol. The Kier molecular flexibility index (Phi) is 6.56. The van der Waals surface area contributed by atoms with E-state index in [4.69, 9.17) is 21.1 Å². The normalized spacial score (nSPS) is 12.2. The lowest BCUT2D eigenvalue weighted by molar-refractivity contribution is 0.0940. The van der Waals surface area contributed by atoms with Crippen LogP contribution in [-0.4, -0.2) is 34.8 Å². The number of nitrogens with one attached hydrogen (secondary N) is 2. The summed E-state index contributed by atoms with van der Waals surface area (Å²) in [5.74, 6) is 0.820. The van der Waals surface area contributed by atoms with Crippen molar-refractivity contribution in [2.24, 2.45) is 0 Å². The Labute approximate surface area is 163 Å². The van der Waals surface area contributed by atoms with E-state index in [1.54, 1.807) is 26.4 Å². The summed E-state index contributed by atoms with van der Waals surface area (Å²) in [5, 5.41) is 2.99. The van der Waals surface area contributed by atoms with Gasteiger partial charge in [-0.1, -0.05) is 17.7 Å². The molecule has 0 fully saturated rings. The standard InChI is InChI=1S/C18H21ClN2O5S/c1-11(12-6-8-16(25-2)17(10-12)26-3)20-18(22)13-5-7-15(14(19)9-13)21-27(4,23)24/h5-11,21H,1-4H3,(H,20,22). The number of ether oxygens (including phenoxy) is 2. The highest BCUT2D eigenvalue weighted by atomic mass is 35.5. The van der Waals surface area contributed by atoms with Crippen LogP contribution in [0.5, 0.6) is 11.5 Å². The summed E-state index contributed by atoms with van der Waals surface area (Å²) >= 11 is 6.07. The van der Waals surface area contributed by atoms with Crippen molar-refractivity contribution in [3.63, 3.8) is 0 Å². The van der Waals surface area contributed by atoms with Crippen molar-refractivity contribution < 1.29 is 22.7 Å². The molecule has 0 aromatic heterocycles.